The maximum absolute atomic E-state index is 13.1. The van der Waals surface area contributed by atoms with Gasteiger partial charge in [-0.05, 0) is 35.9 Å². The highest BCUT2D eigenvalue weighted by Crippen LogP contribution is 2.33. The zero-order chi connectivity index (χ0) is 15.6. The van der Waals surface area contributed by atoms with E-state index in [4.69, 9.17) is 11.6 Å². The molecule has 0 saturated heterocycles. The molecule has 0 radical (unpaired) electrons. The lowest BCUT2D eigenvalue weighted by molar-refractivity contribution is -0.137. The highest BCUT2D eigenvalue weighted by molar-refractivity contribution is 6.30. The van der Waals surface area contributed by atoms with Gasteiger partial charge in [0, 0.05) is 23.3 Å². The summed E-state index contributed by atoms with van der Waals surface area (Å²) >= 11 is 5.65. The zero-order valence-corrected chi connectivity index (χ0v) is 11.3. The van der Waals surface area contributed by atoms with Gasteiger partial charge in [0.25, 0.3) is 0 Å². The number of hydrogen-bond acceptors (Lipinski definition) is 2. The standard InChI is InChI=1S/C14H10ClF4NO/c15-10-3-9(14(17,18)19)4-12(5-10)20-7-8-1-11(16)6-13(21)2-8/h1-6,20-21H,7H2. The van der Waals surface area contributed by atoms with E-state index in [0.717, 1.165) is 18.2 Å². The third kappa shape index (κ3) is 4.26. The number of nitrogens with one attached hydrogen (secondary N) is 1. The third-order valence-corrected chi connectivity index (χ3v) is 2.88. The third-order valence-electron chi connectivity index (χ3n) is 2.66. The number of rotatable bonds is 3. The molecule has 0 aliphatic heterocycles. The first-order chi connectivity index (χ1) is 9.74. The van der Waals surface area contributed by atoms with Crippen molar-refractivity contribution in [3.05, 3.63) is 58.4 Å². The molecule has 0 aliphatic carbocycles. The largest absolute Gasteiger partial charge is 0.508 e. The highest BCUT2D eigenvalue weighted by atomic mass is 35.5. The SMILES string of the molecule is Oc1cc(F)cc(CNc2cc(Cl)cc(C(F)(F)F)c2)c1. The number of phenols is 1. The van der Waals surface area contributed by atoms with Crippen molar-refractivity contribution in [1.29, 1.82) is 0 Å². The average Bonchev–Trinajstić information content (AvgIpc) is 2.33. The van der Waals surface area contributed by atoms with Crippen molar-refractivity contribution in [3.8, 4) is 5.75 Å². The van der Waals surface area contributed by atoms with Crippen molar-refractivity contribution in [2.45, 2.75) is 12.7 Å². The van der Waals surface area contributed by atoms with Crippen LogP contribution >= 0.6 is 11.6 Å². The first-order valence-corrected chi connectivity index (χ1v) is 6.22. The molecule has 2 aromatic rings. The van der Waals surface area contributed by atoms with E-state index in [-0.39, 0.29) is 23.0 Å². The quantitative estimate of drug-likeness (QED) is 0.795. The molecule has 21 heavy (non-hydrogen) atoms. The first-order valence-electron chi connectivity index (χ1n) is 5.84. The van der Waals surface area contributed by atoms with E-state index in [9.17, 15) is 22.7 Å². The molecule has 0 bridgehead atoms. The minimum Gasteiger partial charge on any atom is -0.508 e. The van der Waals surface area contributed by atoms with Crippen LogP contribution in [0, 0.1) is 5.82 Å². The molecular formula is C14H10ClF4NO. The summed E-state index contributed by atoms with van der Waals surface area (Å²) in [6.07, 6.45) is -4.50. The van der Waals surface area contributed by atoms with Crippen molar-refractivity contribution in [2.75, 3.05) is 5.32 Å². The molecule has 0 spiro atoms. The van der Waals surface area contributed by atoms with Crippen molar-refractivity contribution >= 4 is 17.3 Å². The lowest BCUT2D eigenvalue weighted by Gasteiger charge is -2.12. The normalized spacial score (nSPS) is 11.5. The van der Waals surface area contributed by atoms with E-state index in [2.05, 4.69) is 5.32 Å². The Morgan fingerprint density at radius 3 is 2.38 bits per heavy atom. The monoisotopic (exact) mass is 319 g/mol. The zero-order valence-electron chi connectivity index (χ0n) is 10.5. The van der Waals surface area contributed by atoms with Gasteiger partial charge in [0.1, 0.15) is 11.6 Å². The predicted octanol–water partition coefficient (Wildman–Crippen LogP) is 4.82. The van der Waals surface area contributed by atoms with Gasteiger partial charge < -0.3 is 10.4 Å². The fourth-order valence-corrected chi connectivity index (χ4v) is 2.03. The molecule has 2 rings (SSSR count). The van der Waals surface area contributed by atoms with Gasteiger partial charge in [0.2, 0.25) is 0 Å². The Labute approximate surface area is 123 Å². The summed E-state index contributed by atoms with van der Waals surface area (Å²) < 4.78 is 51.0. The molecule has 0 heterocycles. The van der Waals surface area contributed by atoms with E-state index in [1.54, 1.807) is 0 Å². The highest BCUT2D eigenvalue weighted by Gasteiger charge is 2.31. The summed E-state index contributed by atoms with van der Waals surface area (Å²) in [5.74, 6) is -0.886. The molecule has 2 aromatic carbocycles. The molecule has 0 saturated carbocycles. The van der Waals surface area contributed by atoms with Gasteiger partial charge >= 0.3 is 6.18 Å². The molecule has 0 aliphatic rings. The maximum atomic E-state index is 13.1. The van der Waals surface area contributed by atoms with Crippen LogP contribution in [0.1, 0.15) is 11.1 Å². The Bertz CT molecular complexity index is 638. The number of halogens is 5. The number of benzene rings is 2. The minimum absolute atomic E-state index is 0.0446. The summed E-state index contributed by atoms with van der Waals surface area (Å²) in [7, 11) is 0. The summed E-state index contributed by atoms with van der Waals surface area (Å²) in [4.78, 5) is 0. The topological polar surface area (TPSA) is 32.3 Å². The maximum Gasteiger partial charge on any atom is 0.416 e. The smallest absolute Gasteiger partial charge is 0.416 e. The molecule has 0 amide bonds. The van der Waals surface area contributed by atoms with Gasteiger partial charge in [0.15, 0.2) is 0 Å². The van der Waals surface area contributed by atoms with Crippen LogP contribution in [0.5, 0.6) is 5.75 Å². The van der Waals surface area contributed by atoms with Crippen molar-refractivity contribution in [1.82, 2.24) is 0 Å². The Morgan fingerprint density at radius 1 is 1.05 bits per heavy atom. The molecule has 2 nitrogen and oxygen atoms in total. The summed E-state index contributed by atoms with van der Waals surface area (Å²) in [6.45, 7) is 0.0446. The lowest BCUT2D eigenvalue weighted by atomic mass is 10.1. The second-order valence-electron chi connectivity index (χ2n) is 4.40. The molecule has 112 valence electrons. The van der Waals surface area contributed by atoms with E-state index < -0.39 is 17.6 Å². The molecular weight excluding hydrogens is 310 g/mol. The van der Waals surface area contributed by atoms with Crippen molar-refractivity contribution in [3.63, 3.8) is 0 Å². The van der Waals surface area contributed by atoms with Gasteiger partial charge in [-0.2, -0.15) is 13.2 Å². The van der Waals surface area contributed by atoms with E-state index in [1.165, 1.54) is 18.2 Å². The summed E-state index contributed by atoms with van der Waals surface area (Å²) in [5, 5.41) is 11.9. The molecule has 2 N–H and O–H groups in total. The lowest BCUT2D eigenvalue weighted by Crippen LogP contribution is -2.07. The van der Waals surface area contributed by atoms with E-state index in [0.29, 0.717) is 5.56 Å². The number of alkyl halides is 3. The van der Waals surface area contributed by atoms with E-state index >= 15 is 0 Å². The van der Waals surface area contributed by atoms with Gasteiger partial charge in [-0.15, -0.1) is 0 Å². The molecule has 0 unspecified atom stereocenters. The van der Waals surface area contributed by atoms with Crippen LogP contribution in [0.25, 0.3) is 0 Å². The summed E-state index contributed by atoms with van der Waals surface area (Å²) in [6, 6.07) is 6.47. The number of hydrogen-bond donors (Lipinski definition) is 2. The Morgan fingerprint density at radius 2 is 1.76 bits per heavy atom. The van der Waals surface area contributed by atoms with E-state index in [1.807, 2.05) is 0 Å². The number of aromatic hydroxyl groups is 1. The van der Waals surface area contributed by atoms with Crippen molar-refractivity contribution in [2.24, 2.45) is 0 Å². The predicted molar refractivity (Wildman–Crippen MR) is 71.8 cm³/mol. The second kappa shape index (κ2) is 5.81. The molecule has 0 atom stereocenters. The van der Waals surface area contributed by atoms with Crippen LogP contribution in [-0.4, -0.2) is 5.11 Å². The minimum atomic E-state index is -4.50. The average molecular weight is 320 g/mol. The van der Waals surface area contributed by atoms with Crippen LogP contribution in [0.3, 0.4) is 0 Å². The number of phenolic OH excluding ortho intramolecular Hbond substituents is 1. The second-order valence-corrected chi connectivity index (χ2v) is 4.83. The Hall–Kier alpha value is -1.95. The fourth-order valence-electron chi connectivity index (χ4n) is 1.79. The Balaban J connectivity index is 2.18. The van der Waals surface area contributed by atoms with Crippen LogP contribution in [0.4, 0.5) is 23.2 Å². The van der Waals surface area contributed by atoms with Gasteiger partial charge in [-0.1, -0.05) is 11.6 Å². The first kappa shape index (κ1) is 15.4. The molecule has 0 aromatic heterocycles. The van der Waals surface area contributed by atoms with Crippen LogP contribution < -0.4 is 5.32 Å². The fraction of sp³-hybridized carbons (Fsp3) is 0.143. The summed E-state index contributed by atoms with van der Waals surface area (Å²) in [5.41, 5.74) is -0.334. The van der Waals surface area contributed by atoms with Gasteiger partial charge in [0.05, 0.1) is 5.56 Å². The van der Waals surface area contributed by atoms with Crippen molar-refractivity contribution < 1.29 is 22.7 Å². The Kier molecular flexibility index (Phi) is 4.27. The van der Waals surface area contributed by atoms with Gasteiger partial charge in [-0.25, -0.2) is 4.39 Å². The molecule has 0 fully saturated rings. The molecule has 7 heteroatoms. The van der Waals surface area contributed by atoms with Crippen LogP contribution in [0.2, 0.25) is 5.02 Å². The van der Waals surface area contributed by atoms with Crippen LogP contribution in [-0.2, 0) is 12.7 Å². The van der Waals surface area contributed by atoms with Crippen LogP contribution in [0.15, 0.2) is 36.4 Å². The number of anilines is 1. The van der Waals surface area contributed by atoms with Gasteiger partial charge in [-0.3, -0.25) is 0 Å².